The molecule has 0 spiro atoms. The van der Waals surface area contributed by atoms with E-state index < -0.39 is 5.97 Å². The SMILES string of the molecule is CC(C)CCCC(C)CCCC(C)CCCC(C)CCCCC=CCCCC(=O)O. The van der Waals surface area contributed by atoms with E-state index in [4.69, 9.17) is 5.11 Å². The van der Waals surface area contributed by atoms with E-state index in [1.165, 1.54) is 77.0 Å². The van der Waals surface area contributed by atoms with Crippen molar-refractivity contribution in [1.82, 2.24) is 0 Å². The van der Waals surface area contributed by atoms with E-state index in [1.54, 1.807) is 0 Å². The van der Waals surface area contributed by atoms with Crippen LogP contribution < -0.4 is 0 Å². The minimum atomic E-state index is -0.686. The number of hydrogen-bond acceptors (Lipinski definition) is 1. The first kappa shape index (κ1) is 29.2. The second kappa shape index (κ2) is 20.1. The normalized spacial score (nSPS) is 15.0. The highest BCUT2D eigenvalue weighted by Gasteiger charge is 2.08. The maximum atomic E-state index is 10.4. The minimum Gasteiger partial charge on any atom is -0.481 e. The number of rotatable bonds is 21. The van der Waals surface area contributed by atoms with Crippen molar-refractivity contribution in [2.75, 3.05) is 0 Å². The summed E-state index contributed by atoms with van der Waals surface area (Å²) in [6, 6.07) is 0. The van der Waals surface area contributed by atoms with Gasteiger partial charge in [-0.15, -0.1) is 0 Å². The van der Waals surface area contributed by atoms with Crippen LogP contribution >= 0.6 is 0 Å². The zero-order valence-corrected chi connectivity index (χ0v) is 21.1. The predicted octanol–water partition coefficient (Wildman–Crippen LogP) is 9.43. The lowest BCUT2D eigenvalue weighted by molar-refractivity contribution is -0.137. The third-order valence-corrected chi connectivity index (χ3v) is 6.51. The number of hydrogen-bond donors (Lipinski definition) is 1. The predicted molar refractivity (Wildman–Crippen MR) is 133 cm³/mol. The molecule has 178 valence electrons. The molecule has 0 amide bonds. The molecule has 3 atom stereocenters. The third-order valence-electron chi connectivity index (χ3n) is 6.51. The van der Waals surface area contributed by atoms with Gasteiger partial charge in [0.2, 0.25) is 0 Å². The lowest BCUT2D eigenvalue weighted by atomic mass is 9.90. The molecular weight excluding hydrogens is 368 g/mol. The molecule has 0 heterocycles. The Morgan fingerprint density at radius 1 is 0.600 bits per heavy atom. The molecule has 2 nitrogen and oxygen atoms in total. The van der Waals surface area contributed by atoms with E-state index in [2.05, 4.69) is 46.8 Å². The Balaban J connectivity index is 3.50. The van der Waals surface area contributed by atoms with Gasteiger partial charge in [-0.1, -0.05) is 117 Å². The Morgan fingerprint density at radius 2 is 1.00 bits per heavy atom. The van der Waals surface area contributed by atoms with E-state index in [9.17, 15) is 4.79 Å². The zero-order valence-electron chi connectivity index (χ0n) is 21.1. The molecule has 0 aliphatic carbocycles. The van der Waals surface area contributed by atoms with Crippen LogP contribution in [0.25, 0.3) is 0 Å². The molecule has 0 aromatic carbocycles. The Morgan fingerprint density at radius 3 is 1.43 bits per heavy atom. The molecule has 0 radical (unpaired) electrons. The van der Waals surface area contributed by atoms with E-state index in [-0.39, 0.29) is 6.42 Å². The number of carboxylic acid groups (broad SMARTS) is 1. The first-order chi connectivity index (χ1) is 14.3. The van der Waals surface area contributed by atoms with Crippen molar-refractivity contribution in [2.45, 2.75) is 137 Å². The summed E-state index contributed by atoms with van der Waals surface area (Å²) in [6.45, 7) is 12.0. The van der Waals surface area contributed by atoms with E-state index in [1.807, 2.05) is 0 Å². The smallest absolute Gasteiger partial charge is 0.303 e. The van der Waals surface area contributed by atoms with Crippen LogP contribution in [0.2, 0.25) is 0 Å². The molecule has 0 saturated heterocycles. The van der Waals surface area contributed by atoms with Gasteiger partial charge in [-0.25, -0.2) is 0 Å². The molecule has 0 aromatic heterocycles. The van der Waals surface area contributed by atoms with Crippen molar-refractivity contribution >= 4 is 5.97 Å². The number of carboxylic acids is 1. The van der Waals surface area contributed by atoms with Gasteiger partial charge in [0.25, 0.3) is 0 Å². The van der Waals surface area contributed by atoms with Crippen LogP contribution in [-0.4, -0.2) is 11.1 Å². The van der Waals surface area contributed by atoms with E-state index in [0.29, 0.717) is 0 Å². The molecule has 3 unspecified atom stereocenters. The maximum absolute atomic E-state index is 10.4. The molecule has 30 heavy (non-hydrogen) atoms. The topological polar surface area (TPSA) is 37.3 Å². The number of unbranched alkanes of at least 4 members (excludes halogenated alkanes) is 3. The van der Waals surface area contributed by atoms with Crippen molar-refractivity contribution in [2.24, 2.45) is 23.7 Å². The zero-order chi connectivity index (χ0) is 22.6. The minimum absolute atomic E-state index is 0.290. The second-order valence-electron chi connectivity index (χ2n) is 10.5. The van der Waals surface area contributed by atoms with Crippen molar-refractivity contribution < 1.29 is 9.90 Å². The molecule has 0 aliphatic heterocycles. The molecule has 0 saturated carbocycles. The van der Waals surface area contributed by atoms with Gasteiger partial charge in [0.05, 0.1) is 0 Å². The standard InChI is InChI=1S/C28H54O2/c1-24(2)16-13-18-26(4)20-15-22-27(5)21-14-19-25(3)17-11-9-7-6-8-10-12-23-28(29)30/h6,8,24-27H,7,9-23H2,1-5H3,(H,29,30). The van der Waals surface area contributed by atoms with Gasteiger partial charge >= 0.3 is 5.97 Å². The fraction of sp³-hybridized carbons (Fsp3) is 0.893. The summed E-state index contributed by atoms with van der Waals surface area (Å²) < 4.78 is 0. The van der Waals surface area contributed by atoms with Crippen molar-refractivity contribution in [1.29, 1.82) is 0 Å². The maximum Gasteiger partial charge on any atom is 0.303 e. The first-order valence-corrected chi connectivity index (χ1v) is 13.2. The van der Waals surface area contributed by atoms with Crippen LogP contribution in [0.3, 0.4) is 0 Å². The van der Waals surface area contributed by atoms with Crippen molar-refractivity contribution in [3.05, 3.63) is 12.2 Å². The van der Waals surface area contributed by atoms with E-state index >= 15 is 0 Å². The molecular formula is C28H54O2. The van der Waals surface area contributed by atoms with Gasteiger partial charge in [-0.3, -0.25) is 4.79 Å². The summed E-state index contributed by atoms with van der Waals surface area (Å²) in [7, 11) is 0. The summed E-state index contributed by atoms with van der Waals surface area (Å²) in [5.74, 6) is 2.84. The van der Waals surface area contributed by atoms with Crippen LogP contribution in [-0.2, 0) is 4.79 Å². The highest BCUT2D eigenvalue weighted by Crippen LogP contribution is 2.23. The average Bonchev–Trinajstić information content (AvgIpc) is 2.66. The first-order valence-electron chi connectivity index (χ1n) is 13.2. The molecule has 0 rings (SSSR count). The van der Waals surface area contributed by atoms with Crippen molar-refractivity contribution in [3.8, 4) is 0 Å². The van der Waals surface area contributed by atoms with Crippen LogP contribution in [0.5, 0.6) is 0 Å². The Hall–Kier alpha value is -0.790. The van der Waals surface area contributed by atoms with E-state index in [0.717, 1.165) is 42.9 Å². The lowest BCUT2D eigenvalue weighted by Crippen LogP contribution is -2.01. The van der Waals surface area contributed by atoms with Gasteiger partial charge < -0.3 is 5.11 Å². The highest BCUT2D eigenvalue weighted by molar-refractivity contribution is 5.66. The van der Waals surface area contributed by atoms with Crippen molar-refractivity contribution in [3.63, 3.8) is 0 Å². The van der Waals surface area contributed by atoms with Crippen LogP contribution in [0, 0.1) is 23.7 Å². The fourth-order valence-electron chi connectivity index (χ4n) is 4.30. The summed E-state index contributed by atoms with van der Waals surface area (Å²) in [6.07, 6.45) is 24.1. The lowest BCUT2D eigenvalue weighted by Gasteiger charge is -2.16. The monoisotopic (exact) mass is 422 g/mol. The van der Waals surface area contributed by atoms with Gasteiger partial charge in [0.1, 0.15) is 0 Å². The Bertz CT molecular complexity index is 413. The Kier molecular flexibility index (Phi) is 19.6. The summed E-state index contributed by atoms with van der Waals surface area (Å²) in [5.41, 5.74) is 0. The summed E-state index contributed by atoms with van der Waals surface area (Å²) in [4.78, 5) is 10.4. The molecule has 0 bridgehead atoms. The average molecular weight is 423 g/mol. The fourth-order valence-corrected chi connectivity index (χ4v) is 4.30. The molecule has 0 aromatic rings. The Labute approximate surface area is 189 Å². The molecule has 2 heteroatoms. The van der Waals surface area contributed by atoms with Gasteiger partial charge in [-0.05, 0) is 49.4 Å². The van der Waals surface area contributed by atoms with Crippen LogP contribution in [0.1, 0.15) is 137 Å². The molecule has 1 N–H and O–H groups in total. The summed E-state index contributed by atoms with van der Waals surface area (Å²) >= 11 is 0. The van der Waals surface area contributed by atoms with Crippen LogP contribution in [0.15, 0.2) is 12.2 Å². The number of aliphatic carboxylic acids is 1. The number of allylic oxidation sites excluding steroid dienone is 2. The van der Waals surface area contributed by atoms with Gasteiger partial charge in [-0.2, -0.15) is 0 Å². The largest absolute Gasteiger partial charge is 0.481 e. The molecule has 0 fully saturated rings. The van der Waals surface area contributed by atoms with Gasteiger partial charge in [0, 0.05) is 6.42 Å². The van der Waals surface area contributed by atoms with Crippen LogP contribution in [0.4, 0.5) is 0 Å². The van der Waals surface area contributed by atoms with Gasteiger partial charge in [0.15, 0.2) is 0 Å². The number of carbonyl (C=O) groups is 1. The molecule has 0 aliphatic rings. The highest BCUT2D eigenvalue weighted by atomic mass is 16.4. The second-order valence-corrected chi connectivity index (χ2v) is 10.5. The third kappa shape index (κ3) is 21.9. The quantitative estimate of drug-likeness (QED) is 0.148. The summed E-state index contributed by atoms with van der Waals surface area (Å²) in [5, 5.41) is 8.60.